The van der Waals surface area contributed by atoms with Crippen molar-refractivity contribution in [1.29, 1.82) is 0 Å². The lowest BCUT2D eigenvalue weighted by Gasteiger charge is -2.14. The zero-order valence-electron chi connectivity index (χ0n) is 13.0. The fourth-order valence-corrected chi connectivity index (χ4v) is 1.94. The lowest BCUT2D eigenvalue weighted by molar-refractivity contribution is -0.123. The van der Waals surface area contributed by atoms with Gasteiger partial charge in [0.2, 0.25) is 0 Å². The van der Waals surface area contributed by atoms with Gasteiger partial charge in [-0.05, 0) is 31.9 Å². The molecule has 0 spiro atoms. The minimum Gasteiger partial charge on any atom is -0.483 e. The van der Waals surface area contributed by atoms with Crippen LogP contribution in [0.5, 0.6) is 5.75 Å². The van der Waals surface area contributed by atoms with Gasteiger partial charge in [0.05, 0.1) is 0 Å². The lowest BCUT2D eigenvalue weighted by atomic mass is 10.1. The topological polar surface area (TPSA) is 50.4 Å². The monoisotopic (exact) mass is 278 g/mol. The molecule has 0 saturated heterocycles. The highest BCUT2D eigenvalue weighted by Gasteiger charge is 2.09. The molecule has 0 radical (unpaired) electrons. The van der Waals surface area contributed by atoms with E-state index < -0.39 is 0 Å². The van der Waals surface area contributed by atoms with Gasteiger partial charge in [0.15, 0.2) is 6.61 Å². The first-order valence-electron chi connectivity index (χ1n) is 7.17. The molecule has 2 N–H and O–H groups in total. The van der Waals surface area contributed by atoms with Gasteiger partial charge in [-0.2, -0.15) is 0 Å². The molecule has 1 aromatic rings. The summed E-state index contributed by atoms with van der Waals surface area (Å²) in [4.78, 5) is 11.7. The van der Waals surface area contributed by atoms with Gasteiger partial charge >= 0.3 is 0 Å². The maximum Gasteiger partial charge on any atom is 0.257 e. The van der Waals surface area contributed by atoms with Gasteiger partial charge < -0.3 is 15.4 Å². The third kappa shape index (κ3) is 5.61. The highest BCUT2D eigenvalue weighted by molar-refractivity contribution is 5.77. The highest BCUT2D eigenvalue weighted by Crippen LogP contribution is 2.23. The molecule has 4 heteroatoms. The molecular weight excluding hydrogens is 252 g/mol. The van der Waals surface area contributed by atoms with E-state index >= 15 is 0 Å². The molecule has 0 aromatic heterocycles. The Bertz CT molecular complexity index is 430. The van der Waals surface area contributed by atoms with Crippen LogP contribution < -0.4 is 15.4 Å². The maximum absolute atomic E-state index is 11.7. The SMILES string of the molecule is CNCc1cccc(C)c1OCC(=O)NCCC(C)C. The quantitative estimate of drug-likeness (QED) is 0.767. The second kappa shape index (κ2) is 8.59. The normalized spacial score (nSPS) is 10.7. The molecule has 1 amide bonds. The minimum atomic E-state index is -0.0655. The van der Waals surface area contributed by atoms with E-state index in [1.807, 2.05) is 32.2 Å². The number of carbonyl (C=O) groups is 1. The Morgan fingerprint density at radius 2 is 2.10 bits per heavy atom. The van der Waals surface area contributed by atoms with Crippen LogP contribution in [-0.4, -0.2) is 26.1 Å². The summed E-state index contributed by atoms with van der Waals surface area (Å²) < 4.78 is 5.69. The van der Waals surface area contributed by atoms with E-state index in [1.165, 1.54) is 0 Å². The molecule has 0 aliphatic carbocycles. The molecule has 0 heterocycles. The minimum absolute atomic E-state index is 0.0655. The Hall–Kier alpha value is -1.55. The summed E-state index contributed by atoms with van der Waals surface area (Å²) in [5.74, 6) is 1.33. The van der Waals surface area contributed by atoms with Crippen LogP contribution >= 0.6 is 0 Å². The molecule has 112 valence electrons. The van der Waals surface area contributed by atoms with Gasteiger partial charge in [-0.15, -0.1) is 0 Å². The Balaban J connectivity index is 2.50. The summed E-state index contributed by atoms with van der Waals surface area (Å²) >= 11 is 0. The van der Waals surface area contributed by atoms with E-state index in [-0.39, 0.29) is 12.5 Å². The average Bonchev–Trinajstić information content (AvgIpc) is 2.38. The second-order valence-corrected chi connectivity index (χ2v) is 5.41. The third-order valence-electron chi connectivity index (χ3n) is 3.05. The summed E-state index contributed by atoms with van der Waals surface area (Å²) in [5, 5.41) is 5.98. The molecule has 20 heavy (non-hydrogen) atoms. The van der Waals surface area contributed by atoms with E-state index in [2.05, 4.69) is 24.5 Å². The van der Waals surface area contributed by atoms with Crippen LogP contribution in [0.4, 0.5) is 0 Å². The van der Waals surface area contributed by atoms with Crippen molar-refractivity contribution in [3.8, 4) is 5.75 Å². The Labute approximate surface area is 121 Å². The van der Waals surface area contributed by atoms with E-state index in [9.17, 15) is 4.79 Å². The number of carbonyl (C=O) groups excluding carboxylic acids is 1. The van der Waals surface area contributed by atoms with Gasteiger partial charge in [0.25, 0.3) is 5.91 Å². The number of amides is 1. The Kier molecular flexibility index (Phi) is 7.09. The number of aryl methyl sites for hydroxylation is 1. The Morgan fingerprint density at radius 3 is 2.75 bits per heavy atom. The molecule has 0 saturated carbocycles. The number of para-hydroxylation sites is 1. The molecule has 4 nitrogen and oxygen atoms in total. The van der Waals surface area contributed by atoms with Gasteiger partial charge in [-0.1, -0.05) is 32.0 Å². The summed E-state index contributed by atoms with van der Waals surface area (Å²) in [6.07, 6.45) is 0.987. The summed E-state index contributed by atoms with van der Waals surface area (Å²) in [6.45, 7) is 7.77. The molecule has 0 fully saturated rings. The molecule has 0 unspecified atom stereocenters. The van der Waals surface area contributed by atoms with Crippen molar-refractivity contribution in [3.63, 3.8) is 0 Å². The van der Waals surface area contributed by atoms with Crippen molar-refractivity contribution in [1.82, 2.24) is 10.6 Å². The van der Waals surface area contributed by atoms with Gasteiger partial charge in [-0.3, -0.25) is 4.79 Å². The second-order valence-electron chi connectivity index (χ2n) is 5.41. The fraction of sp³-hybridized carbons (Fsp3) is 0.562. The molecule has 1 rings (SSSR count). The summed E-state index contributed by atoms with van der Waals surface area (Å²) in [7, 11) is 1.89. The number of rotatable bonds is 8. The first kappa shape index (κ1) is 16.5. The standard InChI is InChI=1S/C16H26N2O2/c1-12(2)8-9-18-15(19)11-20-16-13(3)6-5-7-14(16)10-17-4/h5-7,12,17H,8-11H2,1-4H3,(H,18,19). The number of ether oxygens (including phenoxy) is 1. The number of benzene rings is 1. The zero-order valence-corrected chi connectivity index (χ0v) is 13.0. The van der Waals surface area contributed by atoms with Crippen LogP contribution in [0.15, 0.2) is 18.2 Å². The fourth-order valence-electron chi connectivity index (χ4n) is 1.94. The number of hydrogen-bond acceptors (Lipinski definition) is 3. The van der Waals surface area contributed by atoms with Crippen molar-refractivity contribution in [2.24, 2.45) is 5.92 Å². The van der Waals surface area contributed by atoms with E-state index in [4.69, 9.17) is 4.74 Å². The van der Waals surface area contributed by atoms with Crippen molar-refractivity contribution < 1.29 is 9.53 Å². The van der Waals surface area contributed by atoms with Gasteiger partial charge in [0, 0.05) is 18.7 Å². The van der Waals surface area contributed by atoms with Gasteiger partial charge in [-0.25, -0.2) is 0 Å². The molecule has 0 atom stereocenters. The largest absolute Gasteiger partial charge is 0.483 e. The van der Waals surface area contributed by atoms with Crippen molar-refractivity contribution in [2.75, 3.05) is 20.2 Å². The molecule has 0 aliphatic rings. The van der Waals surface area contributed by atoms with Crippen LogP contribution in [0.25, 0.3) is 0 Å². The van der Waals surface area contributed by atoms with Crippen LogP contribution in [-0.2, 0) is 11.3 Å². The summed E-state index contributed by atoms with van der Waals surface area (Å²) in [5.41, 5.74) is 2.12. The van der Waals surface area contributed by atoms with Crippen LogP contribution in [0, 0.1) is 12.8 Å². The number of nitrogens with one attached hydrogen (secondary N) is 2. The molecule has 1 aromatic carbocycles. The molecule has 0 aliphatic heterocycles. The average molecular weight is 278 g/mol. The first-order valence-corrected chi connectivity index (χ1v) is 7.17. The predicted octanol–water partition coefficient (Wildman–Crippen LogP) is 2.26. The number of hydrogen-bond donors (Lipinski definition) is 2. The predicted molar refractivity (Wildman–Crippen MR) is 81.9 cm³/mol. The van der Waals surface area contributed by atoms with Crippen LogP contribution in [0.1, 0.15) is 31.4 Å². The maximum atomic E-state index is 11.7. The van der Waals surface area contributed by atoms with E-state index in [1.54, 1.807) is 0 Å². The molecular formula is C16H26N2O2. The third-order valence-corrected chi connectivity index (χ3v) is 3.05. The van der Waals surface area contributed by atoms with Crippen molar-refractivity contribution in [2.45, 2.75) is 33.7 Å². The smallest absolute Gasteiger partial charge is 0.257 e. The van der Waals surface area contributed by atoms with Crippen LogP contribution in [0.3, 0.4) is 0 Å². The van der Waals surface area contributed by atoms with E-state index in [0.717, 1.165) is 29.8 Å². The summed E-state index contributed by atoms with van der Waals surface area (Å²) in [6, 6.07) is 6.00. The Morgan fingerprint density at radius 1 is 1.35 bits per heavy atom. The van der Waals surface area contributed by atoms with Crippen LogP contribution in [0.2, 0.25) is 0 Å². The van der Waals surface area contributed by atoms with Gasteiger partial charge in [0.1, 0.15) is 5.75 Å². The van der Waals surface area contributed by atoms with E-state index in [0.29, 0.717) is 12.5 Å². The highest BCUT2D eigenvalue weighted by atomic mass is 16.5. The molecule has 0 bridgehead atoms. The first-order chi connectivity index (χ1) is 9.54. The van der Waals surface area contributed by atoms with Crippen molar-refractivity contribution in [3.05, 3.63) is 29.3 Å². The lowest BCUT2D eigenvalue weighted by Crippen LogP contribution is -2.30. The van der Waals surface area contributed by atoms with Crippen molar-refractivity contribution >= 4 is 5.91 Å². The zero-order chi connectivity index (χ0) is 15.0.